The summed E-state index contributed by atoms with van der Waals surface area (Å²) in [7, 11) is 4.54. The first-order valence-corrected chi connectivity index (χ1v) is 8.09. The van der Waals surface area contributed by atoms with Crippen molar-refractivity contribution in [1.29, 1.82) is 5.26 Å². The van der Waals surface area contributed by atoms with Crippen molar-refractivity contribution in [1.82, 2.24) is 14.5 Å². The van der Waals surface area contributed by atoms with Crippen LogP contribution in [0.3, 0.4) is 0 Å². The summed E-state index contributed by atoms with van der Waals surface area (Å²) < 4.78 is 2.31. The van der Waals surface area contributed by atoms with E-state index in [0.717, 1.165) is 23.8 Å². The maximum Gasteiger partial charge on any atom is 0.332 e. The predicted molar refractivity (Wildman–Crippen MR) is 89.9 cm³/mol. The zero-order chi connectivity index (χ0) is 17.9. The summed E-state index contributed by atoms with van der Waals surface area (Å²) in [6.45, 7) is 0.660. The second kappa shape index (κ2) is 7.34. The monoisotopic (exact) mass is 333 g/mol. The number of rotatable bonds is 4. The topological polar surface area (TPSA) is 100 Å². The molecular weight excluding hydrogens is 310 g/mol. The fourth-order valence-corrected chi connectivity index (χ4v) is 3.27. The molecule has 1 fully saturated rings. The summed E-state index contributed by atoms with van der Waals surface area (Å²) in [5, 5.41) is 12.0. The maximum absolute atomic E-state index is 12.3. The lowest BCUT2D eigenvalue weighted by Gasteiger charge is -2.38. The molecule has 24 heavy (non-hydrogen) atoms. The Hall–Kier alpha value is -2.56. The van der Waals surface area contributed by atoms with Crippen molar-refractivity contribution in [2.45, 2.75) is 38.1 Å². The molecule has 2 rings (SSSR count). The number of hydrogen-bond donors (Lipinski definition) is 1. The van der Waals surface area contributed by atoms with Gasteiger partial charge in [0.25, 0.3) is 5.56 Å². The van der Waals surface area contributed by atoms with Crippen LogP contribution in [0.15, 0.2) is 9.59 Å². The summed E-state index contributed by atoms with van der Waals surface area (Å²) in [5.74, 6) is 0.325. The Morgan fingerprint density at radius 1 is 1.29 bits per heavy atom. The standard InChI is InChI=1S/C16H23N5O3/c1-18-13(22)8-7-11-6-4-5-9-21(11)14-12(10-17)15(23)20(3)16(24)19(14)2/h11H,4-9H2,1-3H3,(H,18,22)/t11-/m0/s1. The smallest absolute Gasteiger partial charge is 0.332 e. The number of amides is 1. The zero-order valence-electron chi connectivity index (χ0n) is 14.3. The van der Waals surface area contributed by atoms with Gasteiger partial charge in [-0.05, 0) is 25.7 Å². The Bertz CT molecular complexity index is 787. The van der Waals surface area contributed by atoms with E-state index in [2.05, 4.69) is 5.32 Å². The van der Waals surface area contributed by atoms with Crippen LogP contribution in [0.2, 0.25) is 0 Å². The van der Waals surface area contributed by atoms with Crippen LogP contribution >= 0.6 is 0 Å². The molecule has 2 heterocycles. The average molecular weight is 333 g/mol. The third-order valence-electron chi connectivity index (χ3n) is 4.63. The molecule has 1 N–H and O–H groups in total. The van der Waals surface area contributed by atoms with Crippen molar-refractivity contribution in [3.63, 3.8) is 0 Å². The molecule has 0 spiro atoms. The molecule has 0 radical (unpaired) electrons. The molecule has 0 aromatic carbocycles. The van der Waals surface area contributed by atoms with Crippen LogP contribution in [-0.2, 0) is 18.9 Å². The van der Waals surface area contributed by atoms with Crippen LogP contribution < -0.4 is 21.5 Å². The highest BCUT2D eigenvalue weighted by atomic mass is 16.2. The van der Waals surface area contributed by atoms with E-state index < -0.39 is 11.2 Å². The molecule has 1 atom stereocenters. The Labute approximate surface area is 140 Å². The Morgan fingerprint density at radius 3 is 2.62 bits per heavy atom. The van der Waals surface area contributed by atoms with Gasteiger partial charge in [-0.25, -0.2) is 4.79 Å². The number of nitrogens with zero attached hydrogens (tertiary/aromatic N) is 4. The third kappa shape index (κ3) is 3.20. The number of carbonyl (C=O) groups is 1. The number of carbonyl (C=O) groups excluding carboxylic acids is 1. The van der Waals surface area contributed by atoms with Gasteiger partial charge in [-0.3, -0.25) is 18.7 Å². The van der Waals surface area contributed by atoms with Gasteiger partial charge >= 0.3 is 5.69 Å². The molecule has 1 saturated heterocycles. The van der Waals surface area contributed by atoms with Crippen LogP contribution in [0.4, 0.5) is 5.82 Å². The summed E-state index contributed by atoms with van der Waals surface area (Å²) in [6.07, 6.45) is 3.80. The largest absolute Gasteiger partial charge is 0.359 e. The molecule has 0 aliphatic carbocycles. The van der Waals surface area contributed by atoms with Crippen LogP contribution in [0.5, 0.6) is 0 Å². The first-order chi connectivity index (χ1) is 11.4. The Morgan fingerprint density at radius 2 is 2.00 bits per heavy atom. The normalized spacial score (nSPS) is 17.4. The van der Waals surface area contributed by atoms with Gasteiger partial charge in [-0.15, -0.1) is 0 Å². The molecule has 1 aliphatic rings. The van der Waals surface area contributed by atoms with Gasteiger partial charge in [0, 0.05) is 40.2 Å². The number of nitriles is 1. The van der Waals surface area contributed by atoms with Crippen LogP contribution in [0.25, 0.3) is 0 Å². The van der Waals surface area contributed by atoms with Gasteiger partial charge in [0.2, 0.25) is 5.91 Å². The molecule has 0 bridgehead atoms. The molecule has 1 amide bonds. The van der Waals surface area contributed by atoms with Crippen molar-refractivity contribution in [2.24, 2.45) is 14.1 Å². The molecule has 1 aromatic rings. The Balaban J connectivity index is 2.48. The SMILES string of the molecule is CNC(=O)CC[C@@H]1CCCCN1c1c(C#N)c(=O)n(C)c(=O)n1C. The second-order valence-electron chi connectivity index (χ2n) is 6.07. The zero-order valence-corrected chi connectivity index (χ0v) is 14.3. The van der Waals surface area contributed by atoms with E-state index in [0.29, 0.717) is 25.2 Å². The molecule has 0 saturated carbocycles. The van der Waals surface area contributed by atoms with Crippen LogP contribution in [0.1, 0.15) is 37.7 Å². The molecular formula is C16H23N5O3. The second-order valence-corrected chi connectivity index (χ2v) is 6.07. The van der Waals surface area contributed by atoms with E-state index in [-0.39, 0.29) is 17.5 Å². The maximum atomic E-state index is 12.3. The first-order valence-electron chi connectivity index (χ1n) is 8.09. The lowest BCUT2D eigenvalue weighted by molar-refractivity contribution is -0.120. The first kappa shape index (κ1) is 17.8. The van der Waals surface area contributed by atoms with Gasteiger partial charge in [-0.1, -0.05) is 0 Å². The number of hydrogen-bond acceptors (Lipinski definition) is 5. The minimum Gasteiger partial charge on any atom is -0.359 e. The summed E-state index contributed by atoms with van der Waals surface area (Å²) >= 11 is 0. The molecule has 1 aliphatic heterocycles. The summed E-state index contributed by atoms with van der Waals surface area (Å²) in [4.78, 5) is 38.1. The number of nitrogens with one attached hydrogen (secondary N) is 1. The van der Waals surface area contributed by atoms with Crippen LogP contribution in [0, 0.1) is 11.3 Å². The van der Waals surface area contributed by atoms with E-state index in [1.807, 2.05) is 11.0 Å². The quantitative estimate of drug-likeness (QED) is 0.825. The third-order valence-corrected chi connectivity index (χ3v) is 4.63. The highest BCUT2D eigenvalue weighted by molar-refractivity contribution is 5.75. The fraction of sp³-hybridized carbons (Fsp3) is 0.625. The van der Waals surface area contributed by atoms with Gasteiger partial charge < -0.3 is 10.2 Å². The van der Waals surface area contributed by atoms with Gasteiger partial charge in [0.05, 0.1) is 0 Å². The number of anilines is 1. The minimum atomic E-state index is -0.578. The highest BCUT2D eigenvalue weighted by Crippen LogP contribution is 2.27. The number of aromatic nitrogens is 2. The van der Waals surface area contributed by atoms with E-state index in [1.165, 1.54) is 11.6 Å². The van der Waals surface area contributed by atoms with Crippen molar-refractivity contribution in [2.75, 3.05) is 18.5 Å². The van der Waals surface area contributed by atoms with E-state index in [9.17, 15) is 19.6 Å². The minimum absolute atomic E-state index is 0.0218. The fourth-order valence-electron chi connectivity index (χ4n) is 3.27. The van der Waals surface area contributed by atoms with E-state index in [1.54, 1.807) is 14.1 Å². The lowest BCUT2D eigenvalue weighted by atomic mass is 9.97. The Kier molecular flexibility index (Phi) is 5.44. The van der Waals surface area contributed by atoms with Crippen LogP contribution in [-0.4, -0.2) is 34.7 Å². The van der Waals surface area contributed by atoms with Crippen molar-refractivity contribution in [3.05, 3.63) is 26.4 Å². The molecule has 8 heteroatoms. The molecule has 0 unspecified atom stereocenters. The highest BCUT2D eigenvalue weighted by Gasteiger charge is 2.29. The van der Waals surface area contributed by atoms with E-state index in [4.69, 9.17) is 0 Å². The molecule has 1 aromatic heterocycles. The number of piperidine rings is 1. The van der Waals surface area contributed by atoms with Gasteiger partial charge in [0.1, 0.15) is 11.9 Å². The summed E-state index contributed by atoms with van der Waals surface area (Å²) in [5.41, 5.74) is -1.05. The molecule has 130 valence electrons. The predicted octanol–water partition coefficient (Wildman–Crippen LogP) is -0.159. The molecule has 8 nitrogen and oxygen atoms in total. The van der Waals surface area contributed by atoms with Gasteiger partial charge in [-0.2, -0.15) is 5.26 Å². The summed E-state index contributed by atoms with van der Waals surface area (Å²) in [6, 6.07) is 1.98. The van der Waals surface area contributed by atoms with Crippen molar-refractivity contribution >= 4 is 11.7 Å². The van der Waals surface area contributed by atoms with Crippen molar-refractivity contribution in [3.8, 4) is 6.07 Å². The lowest BCUT2D eigenvalue weighted by Crippen LogP contribution is -2.47. The average Bonchev–Trinajstić information content (AvgIpc) is 2.61. The van der Waals surface area contributed by atoms with E-state index >= 15 is 0 Å². The van der Waals surface area contributed by atoms with Crippen molar-refractivity contribution < 1.29 is 4.79 Å². The van der Waals surface area contributed by atoms with Gasteiger partial charge in [0.15, 0.2) is 5.56 Å².